The molecule has 2 fully saturated rings. The fourth-order valence-corrected chi connectivity index (χ4v) is 3.94. The van der Waals surface area contributed by atoms with Crippen molar-refractivity contribution in [2.24, 2.45) is 20.0 Å². The van der Waals surface area contributed by atoms with E-state index in [1.165, 1.54) is 0 Å². The van der Waals surface area contributed by atoms with E-state index in [1.807, 2.05) is 41.9 Å². The first-order valence-corrected chi connectivity index (χ1v) is 9.10. The fourth-order valence-electron chi connectivity index (χ4n) is 3.94. The number of aryl methyl sites for hydroxylation is 2. The molecule has 1 amide bonds. The van der Waals surface area contributed by atoms with E-state index in [1.54, 1.807) is 0 Å². The van der Waals surface area contributed by atoms with Gasteiger partial charge in [-0.3, -0.25) is 9.48 Å². The summed E-state index contributed by atoms with van der Waals surface area (Å²) in [7, 11) is 3.94. The summed E-state index contributed by atoms with van der Waals surface area (Å²) in [4.78, 5) is 19.1. The molecule has 1 aliphatic carbocycles. The summed E-state index contributed by atoms with van der Waals surface area (Å²) in [6, 6.07) is 0.561. The molecule has 0 radical (unpaired) electrons. The summed E-state index contributed by atoms with van der Waals surface area (Å²) in [6.07, 6.45) is 11.6. The van der Waals surface area contributed by atoms with Crippen molar-refractivity contribution in [2.45, 2.75) is 44.3 Å². The van der Waals surface area contributed by atoms with Crippen LogP contribution in [-0.4, -0.2) is 42.7 Å². The Kier molecular flexibility index (Phi) is 4.33. The van der Waals surface area contributed by atoms with Crippen LogP contribution in [0.1, 0.15) is 43.1 Å². The lowest BCUT2D eigenvalue weighted by Crippen LogP contribution is -2.46. The smallest absolute Gasteiger partial charge is 0.223 e. The van der Waals surface area contributed by atoms with Gasteiger partial charge < -0.3 is 14.8 Å². The average Bonchev–Trinajstić information content (AvgIpc) is 3.21. The molecule has 7 heteroatoms. The van der Waals surface area contributed by atoms with Crippen molar-refractivity contribution in [3.8, 4) is 0 Å². The van der Waals surface area contributed by atoms with Crippen molar-refractivity contribution >= 4 is 5.91 Å². The molecule has 2 aliphatic rings. The van der Waals surface area contributed by atoms with Crippen LogP contribution in [0.2, 0.25) is 0 Å². The van der Waals surface area contributed by atoms with Crippen molar-refractivity contribution in [1.29, 1.82) is 0 Å². The average molecular weight is 342 g/mol. The molecule has 1 saturated carbocycles. The molecule has 2 aromatic rings. The van der Waals surface area contributed by atoms with Crippen LogP contribution in [0.4, 0.5) is 0 Å². The number of aromatic nitrogens is 4. The molecule has 4 rings (SSSR count). The largest absolute Gasteiger partial charge is 0.337 e. The highest BCUT2D eigenvalue weighted by Gasteiger charge is 2.44. The summed E-state index contributed by atoms with van der Waals surface area (Å²) in [5, 5.41) is 7.89. The Morgan fingerprint density at radius 2 is 2.12 bits per heavy atom. The van der Waals surface area contributed by atoms with E-state index in [0.717, 1.165) is 43.7 Å². The molecule has 0 aromatic carbocycles. The normalized spacial score (nSPS) is 24.1. The Morgan fingerprint density at radius 3 is 2.76 bits per heavy atom. The van der Waals surface area contributed by atoms with Crippen molar-refractivity contribution in [1.82, 2.24) is 29.5 Å². The molecule has 1 aliphatic heterocycles. The third-order valence-corrected chi connectivity index (χ3v) is 5.38. The Labute approximate surface area is 148 Å². The Hall–Kier alpha value is -2.15. The standard InChI is InChI=1S/C18H26N6O/c1-22-8-7-20-16(22)11-19-9-13-3-6-17(25)24(15-4-5-15)18(13)14-10-21-23(2)12-14/h7-8,10,12-13,15,18-19H,3-6,9,11H2,1-2H3/t13-,18+/m1/s1. The minimum Gasteiger partial charge on any atom is -0.337 e. The third kappa shape index (κ3) is 3.33. The predicted molar refractivity (Wildman–Crippen MR) is 93.5 cm³/mol. The third-order valence-electron chi connectivity index (χ3n) is 5.38. The number of imidazole rings is 1. The number of hydrogen-bond donors (Lipinski definition) is 1. The minimum absolute atomic E-state index is 0.135. The van der Waals surface area contributed by atoms with Crippen molar-refractivity contribution in [2.75, 3.05) is 6.54 Å². The molecular weight excluding hydrogens is 316 g/mol. The van der Waals surface area contributed by atoms with Crippen molar-refractivity contribution < 1.29 is 4.79 Å². The second-order valence-corrected chi connectivity index (χ2v) is 7.31. The van der Waals surface area contributed by atoms with E-state index in [9.17, 15) is 4.79 Å². The van der Waals surface area contributed by atoms with Gasteiger partial charge in [-0.05, 0) is 25.2 Å². The lowest BCUT2D eigenvalue weighted by atomic mass is 9.85. The summed E-state index contributed by atoms with van der Waals surface area (Å²) in [5.74, 6) is 1.74. The predicted octanol–water partition coefficient (Wildman–Crippen LogP) is 1.39. The van der Waals surface area contributed by atoms with Crippen LogP contribution in [0.25, 0.3) is 0 Å². The van der Waals surface area contributed by atoms with Crippen LogP contribution in [0.5, 0.6) is 0 Å². The van der Waals surface area contributed by atoms with Crippen LogP contribution in [0.3, 0.4) is 0 Å². The van der Waals surface area contributed by atoms with Gasteiger partial charge in [-0.25, -0.2) is 4.98 Å². The molecule has 0 unspecified atom stereocenters. The number of rotatable bonds is 6. The van der Waals surface area contributed by atoms with Gasteiger partial charge in [0.1, 0.15) is 5.82 Å². The molecule has 2 aromatic heterocycles. The Bertz CT molecular complexity index is 746. The fraction of sp³-hybridized carbons (Fsp3) is 0.611. The van der Waals surface area contributed by atoms with Gasteiger partial charge in [-0.15, -0.1) is 0 Å². The maximum Gasteiger partial charge on any atom is 0.223 e. The van der Waals surface area contributed by atoms with Gasteiger partial charge >= 0.3 is 0 Å². The Morgan fingerprint density at radius 1 is 1.28 bits per heavy atom. The number of nitrogens with zero attached hydrogens (tertiary/aromatic N) is 5. The number of nitrogens with one attached hydrogen (secondary N) is 1. The zero-order chi connectivity index (χ0) is 17.4. The van der Waals surface area contributed by atoms with Crippen molar-refractivity contribution in [3.05, 3.63) is 36.2 Å². The zero-order valence-corrected chi connectivity index (χ0v) is 14.9. The highest BCUT2D eigenvalue weighted by atomic mass is 16.2. The number of carbonyl (C=O) groups excluding carboxylic acids is 1. The molecule has 134 valence electrons. The van der Waals surface area contributed by atoms with E-state index < -0.39 is 0 Å². The molecule has 2 atom stereocenters. The summed E-state index contributed by atoms with van der Waals surface area (Å²) < 4.78 is 3.87. The highest BCUT2D eigenvalue weighted by Crippen LogP contribution is 2.43. The van der Waals surface area contributed by atoms with Gasteiger partial charge in [0.2, 0.25) is 5.91 Å². The quantitative estimate of drug-likeness (QED) is 0.861. The molecule has 1 N–H and O–H groups in total. The van der Waals surface area contributed by atoms with E-state index in [4.69, 9.17) is 0 Å². The van der Waals surface area contributed by atoms with Crippen LogP contribution in [0.15, 0.2) is 24.8 Å². The number of hydrogen-bond acceptors (Lipinski definition) is 4. The van der Waals surface area contributed by atoms with Gasteiger partial charge in [0, 0.05) is 57.3 Å². The lowest BCUT2D eigenvalue weighted by molar-refractivity contribution is -0.139. The van der Waals surface area contributed by atoms with E-state index in [0.29, 0.717) is 24.3 Å². The number of likely N-dealkylation sites (tertiary alicyclic amines) is 1. The summed E-state index contributed by atoms with van der Waals surface area (Å²) >= 11 is 0. The molecular formula is C18H26N6O. The minimum atomic E-state index is 0.135. The van der Waals surface area contributed by atoms with Gasteiger partial charge in [-0.1, -0.05) is 0 Å². The molecule has 1 saturated heterocycles. The number of carbonyl (C=O) groups is 1. The number of piperidine rings is 1. The first kappa shape index (κ1) is 16.3. The van der Waals surface area contributed by atoms with Crippen LogP contribution in [0, 0.1) is 5.92 Å². The SMILES string of the molecule is Cn1cc([C@@H]2[C@@H](CNCc3nccn3C)CCC(=O)N2C2CC2)cn1. The highest BCUT2D eigenvalue weighted by molar-refractivity contribution is 5.78. The van der Waals surface area contributed by atoms with E-state index in [-0.39, 0.29) is 6.04 Å². The van der Waals surface area contributed by atoms with E-state index >= 15 is 0 Å². The topological polar surface area (TPSA) is 68.0 Å². The first-order valence-electron chi connectivity index (χ1n) is 9.10. The molecule has 3 heterocycles. The van der Waals surface area contributed by atoms with Crippen LogP contribution >= 0.6 is 0 Å². The monoisotopic (exact) mass is 342 g/mol. The maximum atomic E-state index is 12.6. The van der Waals surface area contributed by atoms with Gasteiger partial charge in [0.15, 0.2) is 0 Å². The summed E-state index contributed by atoms with van der Waals surface area (Å²) in [6.45, 7) is 1.63. The van der Waals surface area contributed by atoms with Crippen LogP contribution in [-0.2, 0) is 25.4 Å². The van der Waals surface area contributed by atoms with Gasteiger partial charge in [-0.2, -0.15) is 5.10 Å². The van der Waals surface area contributed by atoms with Gasteiger partial charge in [0.05, 0.1) is 18.8 Å². The Balaban J connectivity index is 1.50. The van der Waals surface area contributed by atoms with E-state index in [2.05, 4.69) is 26.5 Å². The second-order valence-electron chi connectivity index (χ2n) is 7.31. The number of amides is 1. The first-order chi connectivity index (χ1) is 12.1. The van der Waals surface area contributed by atoms with Crippen molar-refractivity contribution in [3.63, 3.8) is 0 Å². The zero-order valence-electron chi connectivity index (χ0n) is 14.9. The lowest BCUT2D eigenvalue weighted by Gasteiger charge is -2.41. The molecule has 25 heavy (non-hydrogen) atoms. The van der Waals surface area contributed by atoms with Gasteiger partial charge in [0.25, 0.3) is 0 Å². The molecule has 7 nitrogen and oxygen atoms in total. The maximum absolute atomic E-state index is 12.6. The molecule has 0 spiro atoms. The summed E-state index contributed by atoms with van der Waals surface area (Å²) in [5.41, 5.74) is 1.16. The molecule has 0 bridgehead atoms. The second kappa shape index (κ2) is 6.63. The van der Waals surface area contributed by atoms with Crippen LogP contribution < -0.4 is 5.32 Å².